The number of anilines is 1. The number of allylic oxidation sites excluding steroid dienone is 1. The zero-order valence-electron chi connectivity index (χ0n) is 12.4. The summed E-state index contributed by atoms with van der Waals surface area (Å²) < 4.78 is 1.78. The van der Waals surface area contributed by atoms with Gasteiger partial charge in [-0.3, -0.25) is 9.48 Å². The third-order valence-electron chi connectivity index (χ3n) is 3.96. The first kappa shape index (κ1) is 14.1. The molecule has 112 valence electrons. The Morgan fingerprint density at radius 3 is 3.05 bits per heavy atom. The van der Waals surface area contributed by atoms with Gasteiger partial charge in [0.1, 0.15) is 9.71 Å². The summed E-state index contributed by atoms with van der Waals surface area (Å²) in [6.07, 6.45) is 6.83. The van der Waals surface area contributed by atoms with Crippen LogP contribution in [0.3, 0.4) is 0 Å². The summed E-state index contributed by atoms with van der Waals surface area (Å²) in [6.45, 7) is 2.59. The van der Waals surface area contributed by atoms with Crippen LogP contribution >= 0.6 is 11.3 Å². The Bertz CT molecular complexity index is 726. The SMILES string of the molecule is Cc1nn(C)c2sc(C(=O)NCCC3=CCCC3)c(N)c12. The Kier molecular flexibility index (Phi) is 3.71. The van der Waals surface area contributed by atoms with Gasteiger partial charge in [0.2, 0.25) is 0 Å². The Labute approximate surface area is 127 Å². The van der Waals surface area contributed by atoms with Gasteiger partial charge in [-0.1, -0.05) is 11.6 Å². The smallest absolute Gasteiger partial charge is 0.263 e. The van der Waals surface area contributed by atoms with Gasteiger partial charge in [0.05, 0.1) is 16.8 Å². The molecule has 2 heterocycles. The van der Waals surface area contributed by atoms with Gasteiger partial charge in [-0.25, -0.2) is 0 Å². The van der Waals surface area contributed by atoms with Gasteiger partial charge >= 0.3 is 0 Å². The summed E-state index contributed by atoms with van der Waals surface area (Å²) in [4.78, 5) is 13.9. The molecule has 0 saturated heterocycles. The van der Waals surface area contributed by atoms with Gasteiger partial charge in [-0.15, -0.1) is 11.3 Å². The van der Waals surface area contributed by atoms with Crippen LogP contribution in [0.5, 0.6) is 0 Å². The maximum atomic E-state index is 12.3. The van der Waals surface area contributed by atoms with Gasteiger partial charge in [-0.05, 0) is 32.6 Å². The molecule has 2 aromatic rings. The molecule has 0 aliphatic heterocycles. The zero-order chi connectivity index (χ0) is 15.0. The number of nitrogens with two attached hydrogens (primary N) is 1. The number of nitrogens with zero attached hydrogens (tertiary/aromatic N) is 2. The van der Waals surface area contributed by atoms with Crippen molar-refractivity contribution in [2.75, 3.05) is 12.3 Å². The van der Waals surface area contributed by atoms with E-state index in [1.807, 2.05) is 14.0 Å². The molecule has 0 atom stereocenters. The van der Waals surface area contributed by atoms with Crippen LogP contribution in [-0.2, 0) is 7.05 Å². The van der Waals surface area contributed by atoms with Crippen molar-refractivity contribution in [2.24, 2.45) is 7.05 Å². The lowest BCUT2D eigenvalue weighted by Crippen LogP contribution is -2.24. The molecule has 0 fully saturated rings. The molecule has 1 aliphatic carbocycles. The number of rotatable bonds is 4. The minimum atomic E-state index is -0.0771. The number of fused-ring (bicyclic) bond motifs is 1. The normalized spacial score (nSPS) is 14.7. The van der Waals surface area contributed by atoms with Crippen LogP contribution in [-0.4, -0.2) is 22.2 Å². The van der Waals surface area contributed by atoms with Crippen molar-refractivity contribution in [3.63, 3.8) is 0 Å². The predicted molar refractivity (Wildman–Crippen MR) is 86.6 cm³/mol. The highest BCUT2D eigenvalue weighted by Gasteiger charge is 2.20. The van der Waals surface area contributed by atoms with Gasteiger partial charge in [-0.2, -0.15) is 5.10 Å². The van der Waals surface area contributed by atoms with Crippen molar-refractivity contribution in [1.29, 1.82) is 0 Å². The van der Waals surface area contributed by atoms with Gasteiger partial charge < -0.3 is 11.1 Å². The van der Waals surface area contributed by atoms with Crippen LogP contribution in [0.4, 0.5) is 5.69 Å². The van der Waals surface area contributed by atoms with Crippen LogP contribution in [0, 0.1) is 6.92 Å². The minimum absolute atomic E-state index is 0.0771. The van der Waals surface area contributed by atoms with Crippen molar-refractivity contribution in [3.8, 4) is 0 Å². The predicted octanol–water partition coefficient (Wildman–Crippen LogP) is 2.76. The quantitative estimate of drug-likeness (QED) is 0.853. The van der Waals surface area contributed by atoms with Crippen LogP contribution in [0.25, 0.3) is 10.2 Å². The Morgan fingerprint density at radius 2 is 2.38 bits per heavy atom. The van der Waals surface area contributed by atoms with Crippen LogP contribution < -0.4 is 11.1 Å². The van der Waals surface area contributed by atoms with Crippen LogP contribution in [0.1, 0.15) is 41.0 Å². The Hall–Kier alpha value is -1.82. The molecule has 0 saturated carbocycles. The second-order valence-corrected chi connectivity index (χ2v) is 6.49. The number of nitrogens with one attached hydrogen (secondary N) is 1. The van der Waals surface area contributed by atoms with E-state index in [1.165, 1.54) is 36.2 Å². The van der Waals surface area contributed by atoms with E-state index >= 15 is 0 Å². The van der Waals surface area contributed by atoms with E-state index in [2.05, 4.69) is 16.5 Å². The first-order chi connectivity index (χ1) is 10.1. The monoisotopic (exact) mass is 304 g/mol. The lowest BCUT2D eigenvalue weighted by molar-refractivity contribution is 0.0959. The summed E-state index contributed by atoms with van der Waals surface area (Å²) in [5.74, 6) is -0.0771. The summed E-state index contributed by atoms with van der Waals surface area (Å²) in [6, 6.07) is 0. The van der Waals surface area contributed by atoms with Gasteiger partial charge in [0.15, 0.2) is 0 Å². The number of nitrogen functional groups attached to an aromatic ring is 1. The van der Waals surface area contributed by atoms with E-state index in [4.69, 9.17) is 5.73 Å². The molecule has 21 heavy (non-hydrogen) atoms. The average Bonchev–Trinajstić information content (AvgIpc) is 3.11. The number of amides is 1. The van der Waals surface area contributed by atoms with Crippen molar-refractivity contribution >= 4 is 33.1 Å². The van der Waals surface area contributed by atoms with Gasteiger partial charge in [0.25, 0.3) is 5.91 Å². The molecular formula is C15H20N4OS. The molecule has 0 unspecified atom stereocenters. The Morgan fingerprint density at radius 1 is 1.57 bits per heavy atom. The zero-order valence-corrected chi connectivity index (χ0v) is 13.2. The molecule has 1 amide bonds. The molecule has 3 N–H and O–H groups in total. The molecular weight excluding hydrogens is 284 g/mol. The maximum Gasteiger partial charge on any atom is 0.263 e. The fourth-order valence-corrected chi connectivity index (χ4v) is 3.98. The van der Waals surface area contributed by atoms with E-state index in [0.717, 1.165) is 22.3 Å². The van der Waals surface area contributed by atoms with Crippen molar-refractivity contribution < 1.29 is 4.79 Å². The van der Waals surface area contributed by atoms with E-state index in [-0.39, 0.29) is 5.91 Å². The molecule has 2 aromatic heterocycles. The lowest BCUT2D eigenvalue weighted by Gasteiger charge is -2.05. The van der Waals surface area contributed by atoms with Crippen molar-refractivity contribution in [2.45, 2.75) is 32.6 Å². The van der Waals surface area contributed by atoms with Crippen LogP contribution in [0.2, 0.25) is 0 Å². The first-order valence-electron chi connectivity index (χ1n) is 7.25. The fraction of sp³-hybridized carbons (Fsp3) is 0.467. The summed E-state index contributed by atoms with van der Waals surface area (Å²) in [5, 5.41) is 8.22. The highest BCUT2D eigenvalue weighted by Crippen LogP contribution is 2.35. The standard InChI is InChI=1S/C15H20N4OS/c1-9-11-12(16)13(21-15(11)19(2)18-9)14(20)17-8-7-10-5-3-4-6-10/h5H,3-4,6-8,16H2,1-2H3,(H,17,20). The van der Waals surface area contributed by atoms with E-state index in [9.17, 15) is 4.79 Å². The maximum absolute atomic E-state index is 12.3. The number of aryl methyl sites for hydroxylation is 2. The highest BCUT2D eigenvalue weighted by molar-refractivity contribution is 7.21. The molecule has 3 rings (SSSR count). The average molecular weight is 304 g/mol. The summed E-state index contributed by atoms with van der Waals surface area (Å²) >= 11 is 1.41. The number of aromatic nitrogens is 2. The molecule has 6 heteroatoms. The third-order valence-corrected chi connectivity index (χ3v) is 5.23. The minimum Gasteiger partial charge on any atom is -0.397 e. The fourth-order valence-electron chi connectivity index (χ4n) is 2.88. The number of thiophene rings is 1. The molecule has 0 bridgehead atoms. The molecule has 0 aromatic carbocycles. The van der Waals surface area contributed by atoms with Gasteiger partial charge in [0, 0.05) is 13.6 Å². The summed E-state index contributed by atoms with van der Waals surface area (Å²) in [5.41, 5.74) is 9.02. The summed E-state index contributed by atoms with van der Waals surface area (Å²) in [7, 11) is 1.87. The number of hydrogen-bond donors (Lipinski definition) is 2. The number of carbonyl (C=O) groups is 1. The molecule has 1 aliphatic rings. The number of hydrogen-bond acceptors (Lipinski definition) is 4. The Balaban J connectivity index is 1.72. The highest BCUT2D eigenvalue weighted by atomic mass is 32.1. The first-order valence-corrected chi connectivity index (χ1v) is 8.07. The van der Waals surface area contributed by atoms with Crippen molar-refractivity contribution in [3.05, 3.63) is 22.2 Å². The topological polar surface area (TPSA) is 72.9 Å². The third kappa shape index (κ3) is 2.55. The molecule has 0 radical (unpaired) electrons. The van der Waals surface area contributed by atoms with E-state index in [0.29, 0.717) is 17.1 Å². The van der Waals surface area contributed by atoms with Crippen molar-refractivity contribution in [1.82, 2.24) is 15.1 Å². The van der Waals surface area contributed by atoms with E-state index < -0.39 is 0 Å². The lowest BCUT2D eigenvalue weighted by atomic mass is 10.1. The van der Waals surface area contributed by atoms with Crippen LogP contribution in [0.15, 0.2) is 11.6 Å². The molecule has 5 nitrogen and oxygen atoms in total. The largest absolute Gasteiger partial charge is 0.397 e. The second kappa shape index (κ2) is 5.52. The van der Waals surface area contributed by atoms with E-state index in [1.54, 1.807) is 4.68 Å². The second-order valence-electron chi connectivity index (χ2n) is 5.49. The molecule has 0 spiro atoms. The number of carbonyl (C=O) groups excluding carboxylic acids is 1.